The molecule has 1 aliphatic rings. The minimum Gasteiger partial charge on any atom is -0.444 e. The van der Waals surface area contributed by atoms with E-state index in [4.69, 9.17) is 4.74 Å². The molecule has 0 spiro atoms. The van der Waals surface area contributed by atoms with Crippen LogP contribution in [0.2, 0.25) is 0 Å². The lowest BCUT2D eigenvalue weighted by molar-refractivity contribution is -0.0269. The summed E-state index contributed by atoms with van der Waals surface area (Å²) in [6, 6.07) is 0.205. The summed E-state index contributed by atoms with van der Waals surface area (Å²) in [4.78, 5) is 14.2. The van der Waals surface area contributed by atoms with Gasteiger partial charge in [-0.25, -0.2) is 4.79 Å². The van der Waals surface area contributed by atoms with Crippen LogP contribution in [0.5, 0.6) is 0 Å². The van der Waals surface area contributed by atoms with Gasteiger partial charge in [0.05, 0.1) is 12.1 Å². The van der Waals surface area contributed by atoms with Crippen molar-refractivity contribution in [2.24, 2.45) is 0 Å². The van der Waals surface area contributed by atoms with E-state index in [1.165, 1.54) is 6.42 Å². The molecule has 4 heteroatoms. The second-order valence-corrected chi connectivity index (χ2v) is 7.25. The van der Waals surface area contributed by atoms with Crippen molar-refractivity contribution in [3.63, 3.8) is 0 Å². The van der Waals surface area contributed by atoms with Crippen LogP contribution in [0.3, 0.4) is 0 Å². The molecule has 0 heterocycles. The number of hydrogen-bond donors (Lipinski definition) is 1. The quantitative estimate of drug-likeness (QED) is 0.856. The van der Waals surface area contributed by atoms with Crippen molar-refractivity contribution in [1.29, 1.82) is 0 Å². The number of aliphatic hydroxyl groups is 1. The standard InChI is InChI=1S/C16H31NO3/c1-6-16(5,19)12-17(13-10-8-7-9-11-13)14(18)20-15(2,3)4/h13,19H,6-12H2,1-5H3. The van der Waals surface area contributed by atoms with E-state index in [0.717, 1.165) is 25.7 Å². The molecule has 1 saturated carbocycles. The first-order chi connectivity index (χ1) is 9.14. The number of hydrogen-bond acceptors (Lipinski definition) is 3. The molecule has 0 bridgehead atoms. The van der Waals surface area contributed by atoms with Crippen LogP contribution in [0, 0.1) is 0 Å². The van der Waals surface area contributed by atoms with E-state index >= 15 is 0 Å². The van der Waals surface area contributed by atoms with Crippen LogP contribution in [-0.4, -0.2) is 39.9 Å². The van der Waals surface area contributed by atoms with Gasteiger partial charge >= 0.3 is 6.09 Å². The molecule has 118 valence electrons. The number of amides is 1. The fourth-order valence-electron chi connectivity index (χ4n) is 2.53. The first-order valence-corrected chi connectivity index (χ1v) is 7.86. The Hall–Kier alpha value is -0.770. The van der Waals surface area contributed by atoms with E-state index in [-0.39, 0.29) is 12.1 Å². The maximum Gasteiger partial charge on any atom is 0.410 e. The number of carbonyl (C=O) groups excluding carboxylic acids is 1. The van der Waals surface area contributed by atoms with E-state index in [9.17, 15) is 9.90 Å². The molecule has 1 N–H and O–H groups in total. The van der Waals surface area contributed by atoms with Crippen LogP contribution in [0.1, 0.15) is 73.1 Å². The third-order valence-electron chi connectivity index (χ3n) is 3.92. The summed E-state index contributed by atoms with van der Waals surface area (Å²) in [5.74, 6) is 0. The van der Waals surface area contributed by atoms with Crippen molar-refractivity contribution in [3.8, 4) is 0 Å². The molecular weight excluding hydrogens is 254 g/mol. The molecule has 1 fully saturated rings. The summed E-state index contributed by atoms with van der Waals surface area (Å²) in [5, 5.41) is 10.3. The molecule has 0 radical (unpaired) electrons. The summed E-state index contributed by atoms with van der Waals surface area (Å²) in [6.07, 6.45) is 5.90. The van der Waals surface area contributed by atoms with Crippen molar-refractivity contribution in [2.75, 3.05) is 6.54 Å². The highest BCUT2D eigenvalue weighted by atomic mass is 16.6. The molecule has 0 aromatic carbocycles. The Kier molecular flexibility index (Phi) is 5.87. The van der Waals surface area contributed by atoms with Crippen LogP contribution in [0.15, 0.2) is 0 Å². The van der Waals surface area contributed by atoms with Crippen molar-refractivity contribution in [1.82, 2.24) is 4.90 Å². The molecule has 1 amide bonds. The molecule has 1 rings (SSSR count). The lowest BCUT2D eigenvalue weighted by Gasteiger charge is -2.39. The van der Waals surface area contributed by atoms with Crippen LogP contribution >= 0.6 is 0 Å². The highest BCUT2D eigenvalue weighted by Gasteiger charge is 2.33. The summed E-state index contributed by atoms with van der Waals surface area (Å²) >= 11 is 0. The van der Waals surface area contributed by atoms with Crippen LogP contribution < -0.4 is 0 Å². The van der Waals surface area contributed by atoms with Crippen LogP contribution in [-0.2, 0) is 4.74 Å². The Morgan fingerprint density at radius 1 is 1.20 bits per heavy atom. The van der Waals surface area contributed by atoms with Gasteiger partial charge in [-0.1, -0.05) is 26.2 Å². The Balaban J connectivity index is 2.80. The van der Waals surface area contributed by atoms with E-state index < -0.39 is 11.2 Å². The average Bonchev–Trinajstić information content (AvgIpc) is 2.35. The second-order valence-electron chi connectivity index (χ2n) is 7.25. The zero-order valence-electron chi connectivity index (χ0n) is 13.7. The summed E-state index contributed by atoms with van der Waals surface area (Å²) in [7, 11) is 0. The Labute approximate surface area is 123 Å². The summed E-state index contributed by atoms with van der Waals surface area (Å²) in [5.41, 5.74) is -1.35. The summed E-state index contributed by atoms with van der Waals surface area (Å²) in [6.45, 7) is 9.70. The molecule has 4 nitrogen and oxygen atoms in total. The van der Waals surface area contributed by atoms with E-state index in [1.807, 2.05) is 27.7 Å². The van der Waals surface area contributed by atoms with Crippen molar-refractivity contribution < 1.29 is 14.6 Å². The number of ether oxygens (including phenoxy) is 1. The van der Waals surface area contributed by atoms with Crippen molar-refractivity contribution in [2.45, 2.75) is 90.4 Å². The van der Waals surface area contributed by atoms with Gasteiger partial charge in [0.1, 0.15) is 5.60 Å². The Bertz CT molecular complexity index is 314. The van der Waals surface area contributed by atoms with E-state index in [1.54, 1.807) is 11.8 Å². The monoisotopic (exact) mass is 285 g/mol. The minimum absolute atomic E-state index is 0.205. The Morgan fingerprint density at radius 2 is 1.75 bits per heavy atom. The number of carbonyl (C=O) groups is 1. The predicted octanol–water partition coefficient (Wildman–Crippen LogP) is 3.72. The van der Waals surface area contributed by atoms with Gasteiger partial charge in [0, 0.05) is 6.04 Å². The maximum absolute atomic E-state index is 12.4. The van der Waals surface area contributed by atoms with E-state index in [0.29, 0.717) is 13.0 Å². The fraction of sp³-hybridized carbons (Fsp3) is 0.938. The highest BCUT2D eigenvalue weighted by Crippen LogP contribution is 2.26. The first-order valence-electron chi connectivity index (χ1n) is 7.86. The van der Waals surface area contributed by atoms with Gasteiger partial charge in [0.15, 0.2) is 0 Å². The largest absolute Gasteiger partial charge is 0.444 e. The smallest absolute Gasteiger partial charge is 0.410 e. The van der Waals surface area contributed by atoms with Gasteiger partial charge in [-0.2, -0.15) is 0 Å². The lowest BCUT2D eigenvalue weighted by Crippen LogP contribution is -2.50. The normalized spacial score (nSPS) is 20.3. The average molecular weight is 285 g/mol. The maximum atomic E-state index is 12.4. The predicted molar refractivity (Wildman–Crippen MR) is 80.7 cm³/mol. The topological polar surface area (TPSA) is 49.8 Å². The summed E-state index contributed by atoms with van der Waals surface area (Å²) < 4.78 is 5.52. The zero-order valence-corrected chi connectivity index (χ0v) is 13.7. The molecule has 20 heavy (non-hydrogen) atoms. The molecular formula is C16H31NO3. The van der Waals surface area contributed by atoms with Gasteiger partial charge in [0.25, 0.3) is 0 Å². The van der Waals surface area contributed by atoms with E-state index in [2.05, 4.69) is 0 Å². The lowest BCUT2D eigenvalue weighted by atomic mass is 9.93. The third kappa shape index (κ3) is 5.70. The Morgan fingerprint density at radius 3 is 2.20 bits per heavy atom. The van der Waals surface area contributed by atoms with Gasteiger partial charge < -0.3 is 14.7 Å². The van der Waals surface area contributed by atoms with Gasteiger partial charge in [0.2, 0.25) is 0 Å². The SMILES string of the molecule is CCC(C)(O)CN(C(=O)OC(C)(C)C)C1CCCCC1. The van der Waals surface area contributed by atoms with Crippen molar-refractivity contribution >= 4 is 6.09 Å². The highest BCUT2D eigenvalue weighted by molar-refractivity contribution is 5.68. The second kappa shape index (κ2) is 6.79. The zero-order chi connectivity index (χ0) is 15.4. The van der Waals surface area contributed by atoms with Crippen LogP contribution in [0.25, 0.3) is 0 Å². The molecule has 1 atom stereocenters. The van der Waals surface area contributed by atoms with Gasteiger partial charge in [-0.05, 0) is 47.0 Å². The first kappa shape index (κ1) is 17.3. The van der Waals surface area contributed by atoms with Gasteiger partial charge in [-0.3, -0.25) is 0 Å². The molecule has 0 aromatic rings. The van der Waals surface area contributed by atoms with Crippen molar-refractivity contribution in [3.05, 3.63) is 0 Å². The molecule has 0 aliphatic heterocycles. The molecule has 0 saturated heterocycles. The number of nitrogens with zero attached hydrogens (tertiary/aromatic N) is 1. The molecule has 1 aliphatic carbocycles. The van der Waals surface area contributed by atoms with Gasteiger partial charge in [-0.15, -0.1) is 0 Å². The molecule has 1 unspecified atom stereocenters. The minimum atomic E-state index is -0.853. The molecule has 0 aromatic heterocycles. The van der Waals surface area contributed by atoms with Crippen LogP contribution in [0.4, 0.5) is 4.79 Å². The third-order valence-corrected chi connectivity index (χ3v) is 3.92. The number of rotatable bonds is 4. The fourth-order valence-corrected chi connectivity index (χ4v) is 2.53.